The Balaban J connectivity index is 1.53. The van der Waals surface area contributed by atoms with Gasteiger partial charge in [0.15, 0.2) is 5.13 Å². The number of methoxy groups -OCH3 is 1. The first-order valence-electron chi connectivity index (χ1n) is 12.2. The quantitative estimate of drug-likeness (QED) is 0.321. The molecule has 9 heteroatoms. The van der Waals surface area contributed by atoms with Crippen molar-refractivity contribution in [2.75, 3.05) is 18.6 Å². The van der Waals surface area contributed by atoms with Gasteiger partial charge in [-0.15, -0.1) is 0 Å². The molecule has 3 aromatic carbocycles. The van der Waals surface area contributed by atoms with Crippen LogP contribution in [0, 0.1) is 13.8 Å². The van der Waals surface area contributed by atoms with E-state index in [9.17, 15) is 13.2 Å². The second kappa shape index (κ2) is 10.2. The number of hydrogen-bond donors (Lipinski definition) is 0. The lowest BCUT2D eigenvalue weighted by molar-refractivity contribution is -0.121. The summed E-state index contributed by atoms with van der Waals surface area (Å²) < 4.78 is 34.7. The van der Waals surface area contributed by atoms with Crippen molar-refractivity contribution in [1.82, 2.24) is 9.29 Å². The van der Waals surface area contributed by atoms with Crippen molar-refractivity contribution in [3.05, 3.63) is 83.4 Å². The Kier molecular flexibility index (Phi) is 7.02. The molecule has 0 spiro atoms. The van der Waals surface area contributed by atoms with Gasteiger partial charge in [0.1, 0.15) is 11.8 Å². The van der Waals surface area contributed by atoms with Crippen LogP contribution in [0.25, 0.3) is 10.2 Å². The van der Waals surface area contributed by atoms with Gasteiger partial charge in [-0.25, -0.2) is 13.4 Å². The maximum absolute atomic E-state index is 14.2. The van der Waals surface area contributed by atoms with E-state index in [1.807, 2.05) is 50.2 Å². The van der Waals surface area contributed by atoms with Crippen molar-refractivity contribution in [2.24, 2.45) is 0 Å². The Morgan fingerprint density at radius 2 is 1.76 bits per heavy atom. The number of thiazole rings is 1. The minimum atomic E-state index is -3.87. The number of aryl methyl sites for hydroxylation is 2. The fourth-order valence-corrected chi connectivity index (χ4v) is 7.47. The molecule has 1 aliphatic heterocycles. The van der Waals surface area contributed by atoms with Gasteiger partial charge in [-0.1, -0.05) is 53.8 Å². The van der Waals surface area contributed by atoms with Crippen LogP contribution in [-0.4, -0.2) is 43.3 Å². The Bertz CT molecular complexity index is 1490. The number of aromatic nitrogens is 1. The van der Waals surface area contributed by atoms with Crippen LogP contribution in [0.15, 0.2) is 71.6 Å². The molecule has 1 fully saturated rings. The summed E-state index contributed by atoms with van der Waals surface area (Å²) >= 11 is 1.47. The molecular weight excluding hydrogens is 506 g/mol. The highest BCUT2D eigenvalue weighted by Crippen LogP contribution is 2.36. The number of rotatable bonds is 7. The average molecular weight is 536 g/mol. The molecule has 0 radical (unpaired) electrons. The predicted octanol–water partition coefficient (Wildman–Crippen LogP) is 5.31. The van der Waals surface area contributed by atoms with Gasteiger partial charge in [-0.2, -0.15) is 4.31 Å². The van der Waals surface area contributed by atoms with Gasteiger partial charge in [0.25, 0.3) is 0 Å². The molecule has 0 N–H and O–H groups in total. The lowest BCUT2D eigenvalue weighted by Gasteiger charge is -2.28. The number of carbonyl (C=O) groups is 1. The number of sulfonamides is 1. The van der Waals surface area contributed by atoms with Gasteiger partial charge < -0.3 is 4.74 Å². The van der Waals surface area contributed by atoms with E-state index in [0.29, 0.717) is 36.8 Å². The second-order valence-electron chi connectivity index (χ2n) is 9.23. The zero-order valence-electron chi connectivity index (χ0n) is 21.0. The summed E-state index contributed by atoms with van der Waals surface area (Å²) in [5.41, 5.74) is 3.96. The molecule has 1 amide bonds. The van der Waals surface area contributed by atoms with E-state index in [1.54, 1.807) is 17.0 Å². The molecule has 1 aromatic heterocycles. The molecule has 37 heavy (non-hydrogen) atoms. The smallest absolute Gasteiger partial charge is 0.247 e. The van der Waals surface area contributed by atoms with E-state index in [4.69, 9.17) is 9.72 Å². The predicted molar refractivity (Wildman–Crippen MR) is 147 cm³/mol. The third kappa shape index (κ3) is 4.86. The van der Waals surface area contributed by atoms with Gasteiger partial charge >= 0.3 is 0 Å². The zero-order valence-corrected chi connectivity index (χ0v) is 22.7. The molecule has 0 aliphatic carbocycles. The molecule has 1 aliphatic rings. The molecule has 5 rings (SSSR count). The van der Waals surface area contributed by atoms with Crippen molar-refractivity contribution in [3.63, 3.8) is 0 Å². The van der Waals surface area contributed by atoms with E-state index >= 15 is 0 Å². The summed E-state index contributed by atoms with van der Waals surface area (Å²) in [5.74, 6) is 0.316. The number of benzene rings is 3. The largest absolute Gasteiger partial charge is 0.497 e. The van der Waals surface area contributed by atoms with Crippen molar-refractivity contribution < 1.29 is 17.9 Å². The fraction of sp³-hybridized carbons (Fsp3) is 0.286. The van der Waals surface area contributed by atoms with E-state index in [-0.39, 0.29) is 10.8 Å². The normalized spacial score (nSPS) is 16.2. The summed E-state index contributed by atoms with van der Waals surface area (Å²) in [6.07, 6.45) is 1.07. The third-order valence-electron chi connectivity index (χ3n) is 6.77. The Hall–Kier alpha value is -3.27. The number of fused-ring (bicyclic) bond motifs is 1. The van der Waals surface area contributed by atoms with Crippen LogP contribution in [-0.2, 0) is 21.4 Å². The van der Waals surface area contributed by atoms with Crippen LogP contribution < -0.4 is 9.64 Å². The van der Waals surface area contributed by atoms with Gasteiger partial charge in [0, 0.05) is 6.54 Å². The molecule has 4 aromatic rings. The topological polar surface area (TPSA) is 79.8 Å². The fourth-order valence-electron chi connectivity index (χ4n) is 4.71. The monoisotopic (exact) mass is 535 g/mol. The van der Waals surface area contributed by atoms with Crippen LogP contribution in [0.4, 0.5) is 5.13 Å². The summed E-state index contributed by atoms with van der Waals surface area (Å²) in [5, 5.41) is 0.579. The summed E-state index contributed by atoms with van der Waals surface area (Å²) in [6.45, 7) is 4.65. The summed E-state index contributed by atoms with van der Waals surface area (Å²) in [4.78, 5) is 20.8. The van der Waals surface area contributed by atoms with E-state index in [1.165, 1.54) is 34.9 Å². The highest BCUT2D eigenvalue weighted by atomic mass is 32.2. The highest BCUT2D eigenvalue weighted by molar-refractivity contribution is 7.89. The van der Waals surface area contributed by atoms with Crippen LogP contribution in [0.2, 0.25) is 0 Å². The number of amides is 1. The van der Waals surface area contributed by atoms with E-state index in [2.05, 4.69) is 6.07 Å². The first-order chi connectivity index (χ1) is 17.8. The molecule has 0 saturated carbocycles. The molecule has 1 saturated heterocycles. The second-order valence-corrected chi connectivity index (χ2v) is 12.1. The van der Waals surface area contributed by atoms with Crippen LogP contribution in [0.3, 0.4) is 0 Å². The first-order valence-corrected chi connectivity index (χ1v) is 14.4. The zero-order chi connectivity index (χ0) is 26.2. The number of nitrogens with zero attached hydrogens (tertiary/aromatic N) is 3. The Labute approximate surface area is 221 Å². The molecule has 1 unspecified atom stereocenters. The molecular formula is C28H29N3O4S2. The molecule has 1 atom stereocenters. The average Bonchev–Trinajstić information content (AvgIpc) is 3.59. The third-order valence-corrected chi connectivity index (χ3v) is 9.90. The number of ether oxygens (including phenoxy) is 1. The number of carbonyl (C=O) groups excluding carboxylic acids is 1. The molecule has 7 nitrogen and oxygen atoms in total. The van der Waals surface area contributed by atoms with Crippen molar-refractivity contribution in [1.29, 1.82) is 0 Å². The minimum Gasteiger partial charge on any atom is -0.497 e. The summed E-state index contributed by atoms with van der Waals surface area (Å²) in [6, 6.07) is 19.3. The standard InChI is InChI=1S/C28H29N3O4S2/c1-19-11-12-20(2)26-25(19)29-28(36-26)30(18-21-8-5-4-6-9-21)27(32)24-10-7-17-31(24)37(33,34)23-15-13-22(35-3)14-16-23/h4-6,8-9,11-16,24H,7,10,17-18H2,1-3H3. The van der Waals surface area contributed by atoms with Crippen molar-refractivity contribution in [3.8, 4) is 5.75 Å². The van der Waals surface area contributed by atoms with Gasteiger partial charge in [-0.3, -0.25) is 9.69 Å². The highest BCUT2D eigenvalue weighted by Gasteiger charge is 2.42. The lowest BCUT2D eigenvalue weighted by atomic mass is 10.1. The van der Waals surface area contributed by atoms with Crippen molar-refractivity contribution >= 4 is 42.6 Å². The Morgan fingerprint density at radius 1 is 1.05 bits per heavy atom. The number of anilines is 1. The Morgan fingerprint density at radius 3 is 2.43 bits per heavy atom. The van der Waals surface area contributed by atoms with E-state index < -0.39 is 16.1 Å². The van der Waals surface area contributed by atoms with Crippen LogP contribution in [0.5, 0.6) is 5.75 Å². The maximum Gasteiger partial charge on any atom is 0.247 e. The van der Waals surface area contributed by atoms with E-state index in [0.717, 1.165) is 26.9 Å². The molecule has 0 bridgehead atoms. The van der Waals surface area contributed by atoms with Crippen LogP contribution >= 0.6 is 11.3 Å². The first kappa shape index (κ1) is 25.4. The molecule has 192 valence electrons. The maximum atomic E-state index is 14.2. The minimum absolute atomic E-state index is 0.147. The van der Waals surface area contributed by atoms with Gasteiger partial charge in [0.2, 0.25) is 15.9 Å². The van der Waals surface area contributed by atoms with Gasteiger partial charge in [0.05, 0.1) is 28.8 Å². The lowest BCUT2D eigenvalue weighted by Crippen LogP contribution is -2.47. The molecule has 2 heterocycles. The summed E-state index contributed by atoms with van der Waals surface area (Å²) in [7, 11) is -2.34. The van der Waals surface area contributed by atoms with Crippen LogP contribution in [0.1, 0.15) is 29.5 Å². The van der Waals surface area contributed by atoms with Gasteiger partial charge in [-0.05, 0) is 67.6 Å². The SMILES string of the molecule is COc1ccc(S(=O)(=O)N2CCCC2C(=O)N(Cc2ccccc2)c2nc3c(C)ccc(C)c3s2)cc1. The number of hydrogen-bond acceptors (Lipinski definition) is 6. The van der Waals surface area contributed by atoms with Crippen molar-refractivity contribution in [2.45, 2.75) is 44.2 Å².